The Bertz CT molecular complexity index is 613. The van der Waals surface area contributed by atoms with Gasteiger partial charge in [-0.15, -0.1) is 10.2 Å². The molecular formula is C15H17FN4O. The monoisotopic (exact) mass is 288 g/mol. The zero-order chi connectivity index (χ0) is 15.2. The van der Waals surface area contributed by atoms with Crippen LogP contribution in [0.3, 0.4) is 0 Å². The first-order chi connectivity index (χ1) is 10.1. The van der Waals surface area contributed by atoms with Crippen LogP contribution in [0.2, 0.25) is 0 Å². The summed E-state index contributed by atoms with van der Waals surface area (Å²) in [5.74, 6) is 0.279. The minimum Gasteiger partial charge on any atom is -0.368 e. The second-order valence-electron chi connectivity index (χ2n) is 5.01. The van der Waals surface area contributed by atoms with Crippen LogP contribution in [0.25, 0.3) is 0 Å². The van der Waals surface area contributed by atoms with Gasteiger partial charge in [-0.05, 0) is 30.2 Å². The summed E-state index contributed by atoms with van der Waals surface area (Å²) in [6.45, 7) is 4.96. The van der Waals surface area contributed by atoms with E-state index in [1.165, 1.54) is 18.2 Å². The van der Waals surface area contributed by atoms with E-state index >= 15 is 0 Å². The van der Waals surface area contributed by atoms with Crippen molar-refractivity contribution in [1.82, 2.24) is 10.2 Å². The maximum absolute atomic E-state index is 13.5. The van der Waals surface area contributed by atoms with Crippen molar-refractivity contribution in [3.8, 4) is 0 Å². The van der Waals surface area contributed by atoms with Gasteiger partial charge in [0.2, 0.25) is 0 Å². The number of carbonyl (C=O) groups is 1. The van der Waals surface area contributed by atoms with E-state index in [1.54, 1.807) is 18.2 Å². The number of nitrogens with one attached hydrogen (secondary N) is 2. The fraction of sp³-hybridized carbons (Fsp3) is 0.267. The van der Waals surface area contributed by atoms with E-state index in [9.17, 15) is 9.18 Å². The second kappa shape index (κ2) is 6.78. The van der Waals surface area contributed by atoms with E-state index in [-0.39, 0.29) is 11.4 Å². The van der Waals surface area contributed by atoms with Crippen LogP contribution in [0.5, 0.6) is 0 Å². The summed E-state index contributed by atoms with van der Waals surface area (Å²) in [4.78, 5) is 11.9. The summed E-state index contributed by atoms with van der Waals surface area (Å²) in [7, 11) is 0. The van der Waals surface area contributed by atoms with Crippen molar-refractivity contribution >= 4 is 17.5 Å². The van der Waals surface area contributed by atoms with Gasteiger partial charge in [0, 0.05) is 6.54 Å². The molecule has 21 heavy (non-hydrogen) atoms. The van der Waals surface area contributed by atoms with Crippen molar-refractivity contribution in [2.24, 2.45) is 5.92 Å². The number of hydrogen-bond donors (Lipinski definition) is 2. The number of rotatable bonds is 5. The van der Waals surface area contributed by atoms with Crippen molar-refractivity contribution in [3.63, 3.8) is 0 Å². The molecule has 0 aliphatic heterocycles. The first kappa shape index (κ1) is 14.9. The van der Waals surface area contributed by atoms with E-state index in [0.717, 1.165) is 6.54 Å². The molecule has 1 heterocycles. The lowest BCUT2D eigenvalue weighted by atomic mass is 10.2. The molecule has 2 aromatic rings. The summed E-state index contributed by atoms with van der Waals surface area (Å²) in [6, 6.07) is 9.11. The van der Waals surface area contributed by atoms with Gasteiger partial charge in [-0.2, -0.15) is 0 Å². The Balaban J connectivity index is 2.00. The van der Waals surface area contributed by atoms with Crippen LogP contribution < -0.4 is 10.6 Å². The normalized spacial score (nSPS) is 10.5. The standard InChI is InChI=1S/C15H17FN4O/c1-10(2)9-17-13-7-8-14(20-19-13)18-15(21)11-5-3-4-6-12(11)16/h3-8,10H,9H2,1-2H3,(H,17,19)(H,18,20,21). The molecule has 0 bridgehead atoms. The Morgan fingerprint density at radius 1 is 1.14 bits per heavy atom. The van der Waals surface area contributed by atoms with Gasteiger partial charge in [-0.1, -0.05) is 26.0 Å². The van der Waals surface area contributed by atoms with Gasteiger partial charge in [0.25, 0.3) is 5.91 Å². The zero-order valence-corrected chi connectivity index (χ0v) is 11.9. The molecule has 1 aromatic heterocycles. The van der Waals surface area contributed by atoms with Crippen LogP contribution in [0.4, 0.5) is 16.0 Å². The van der Waals surface area contributed by atoms with Gasteiger partial charge in [0.1, 0.15) is 11.6 Å². The van der Waals surface area contributed by atoms with Crippen LogP contribution in [-0.4, -0.2) is 22.6 Å². The smallest absolute Gasteiger partial charge is 0.259 e. The molecule has 2 N–H and O–H groups in total. The molecule has 0 aliphatic carbocycles. The second-order valence-corrected chi connectivity index (χ2v) is 5.01. The fourth-order valence-electron chi connectivity index (χ4n) is 1.63. The maximum atomic E-state index is 13.5. The van der Waals surface area contributed by atoms with E-state index < -0.39 is 11.7 Å². The van der Waals surface area contributed by atoms with Gasteiger partial charge >= 0.3 is 0 Å². The predicted molar refractivity (Wildman–Crippen MR) is 79.7 cm³/mol. The van der Waals surface area contributed by atoms with E-state index in [0.29, 0.717) is 11.7 Å². The van der Waals surface area contributed by atoms with Crippen molar-refractivity contribution in [2.75, 3.05) is 17.2 Å². The Labute approximate surface area is 122 Å². The van der Waals surface area contributed by atoms with Crippen molar-refractivity contribution < 1.29 is 9.18 Å². The van der Waals surface area contributed by atoms with E-state index in [2.05, 4.69) is 34.7 Å². The van der Waals surface area contributed by atoms with Crippen molar-refractivity contribution in [3.05, 3.63) is 47.8 Å². The third-order valence-electron chi connectivity index (χ3n) is 2.72. The first-order valence-corrected chi connectivity index (χ1v) is 6.69. The molecule has 0 radical (unpaired) electrons. The highest BCUT2D eigenvalue weighted by Gasteiger charge is 2.11. The van der Waals surface area contributed by atoms with Gasteiger partial charge in [-0.3, -0.25) is 4.79 Å². The minimum atomic E-state index is -0.571. The Morgan fingerprint density at radius 3 is 2.43 bits per heavy atom. The molecule has 1 aromatic carbocycles. The van der Waals surface area contributed by atoms with Gasteiger partial charge in [0.05, 0.1) is 5.56 Å². The van der Waals surface area contributed by atoms with E-state index in [4.69, 9.17) is 0 Å². The quantitative estimate of drug-likeness (QED) is 0.887. The topological polar surface area (TPSA) is 66.9 Å². The first-order valence-electron chi connectivity index (χ1n) is 6.69. The minimum absolute atomic E-state index is 0.0266. The van der Waals surface area contributed by atoms with Crippen LogP contribution >= 0.6 is 0 Å². The number of halogens is 1. The molecule has 6 heteroatoms. The number of anilines is 2. The summed E-state index contributed by atoms with van der Waals surface area (Å²) < 4.78 is 13.5. The lowest BCUT2D eigenvalue weighted by Crippen LogP contribution is -2.15. The van der Waals surface area contributed by atoms with Crippen LogP contribution in [0, 0.1) is 11.7 Å². The lowest BCUT2D eigenvalue weighted by Gasteiger charge is -2.08. The summed E-state index contributed by atoms with van der Waals surface area (Å²) in [6.07, 6.45) is 0. The molecule has 110 valence electrons. The Morgan fingerprint density at radius 2 is 1.81 bits per heavy atom. The summed E-state index contributed by atoms with van der Waals surface area (Å²) >= 11 is 0. The molecule has 0 saturated carbocycles. The van der Waals surface area contributed by atoms with Gasteiger partial charge in [-0.25, -0.2) is 4.39 Å². The Kier molecular flexibility index (Phi) is 4.81. The lowest BCUT2D eigenvalue weighted by molar-refractivity contribution is 0.102. The molecule has 0 aliphatic rings. The summed E-state index contributed by atoms with van der Waals surface area (Å²) in [5.41, 5.74) is -0.0266. The number of hydrogen-bond acceptors (Lipinski definition) is 4. The van der Waals surface area contributed by atoms with Crippen LogP contribution in [-0.2, 0) is 0 Å². The Hall–Kier alpha value is -2.50. The highest BCUT2D eigenvalue weighted by molar-refractivity contribution is 6.03. The number of carbonyl (C=O) groups excluding carboxylic acids is 1. The van der Waals surface area contributed by atoms with Gasteiger partial charge < -0.3 is 10.6 Å². The van der Waals surface area contributed by atoms with Crippen molar-refractivity contribution in [2.45, 2.75) is 13.8 Å². The number of nitrogens with zero attached hydrogens (tertiary/aromatic N) is 2. The summed E-state index contributed by atoms with van der Waals surface area (Å²) in [5, 5.41) is 13.5. The van der Waals surface area contributed by atoms with E-state index in [1.807, 2.05) is 0 Å². The SMILES string of the molecule is CC(C)CNc1ccc(NC(=O)c2ccccc2F)nn1. The molecule has 0 atom stereocenters. The molecule has 1 amide bonds. The van der Waals surface area contributed by atoms with Crippen LogP contribution in [0.1, 0.15) is 24.2 Å². The van der Waals surface area contributed by atoms with Crippen LogP contribution in [0.15, 0.2) is 36.4 Å². The number of amides is 1. The molecule has 2 rings (SSSR count). The van der Waals surface area contributed by atoms with Crippen molar-refractivity contribution in [1.29, 1.82) is 0 Å². The number of aromatic nitrogens is 2. The zero-order valence-electron chi connectivity index (χ0n) is 11.9. The molecule has 0 fully saturated rings. The molecular weight excluding hydrogens is 271 g/mol. The fourth-order valence-corrected chi connectivity index (χ4v) is 1.63. The average Bonchev–Trinajstić information content (AvgIpc) is 2.47. The predicted octanol–water partition coefficient (Wildman–Crippen LogP) is 2.94. The maximum Gasteiger partial charge on any atom is 0.259 e. The molecule has 0 unspecified atom stereocenters. The highest BCUT2D eigenvalue weighted by atomic mass is 19.1. The molecule has 0 saturated heterocycles. The number of benzene rings is 1. The largest absolute Gasteiger partial charge is 0.368 e. The molecule has 5 nitrogen and oxygen atoms in total. The average molecular weight is 288 g/mol. The third kappa shape index (κ3) is 4.24. The highest BCUT2D eigenvalue weighted by Crippen LogP contribution is 2.11. The molecule has 0 spiro atoms. The third-order valence-corrected chi connectivity index (χ3v) is 2.72. The van der Waals surface area contributed by atoms with Gasteiger partial charge in [0.15, 0.2) is 5.82 Å².